The van der Waals surface area contributed by atoms with E-state index in [1.165, 1.54) is 42.1 Å². The van der Waals surface area contributed by atoms with Crippen LogP contribution in [0.1, 0.15) is 14.8 Å². The number of hydrogen-bond donors (Lipinski definition) is 1. The summed E-state index contributed by atoms with van der Waals surface area (Å²) < 4.78 is 38.9. The van der Waals surface area contributed by atoms with Gasteiger partial charge >= 0.3 is 0 Å². The zero-order valence-electron chi connectivity index (χ0n) is 12.5. The number of halogens is 3. The van der Waals surface area contributed by atoms with Gasteiger partial charge in [-0.15, -0.1) is 22.0 Å². The van der Waals surface area contributed by atoms with Gasteiger partial charge in [0.05, 0.1) is 5.75 Å². The first-order valence-corrected chi connectivity index (χ1v) is 8.78. The van der Waals surface area contributed by atoms with E-state index in [0.29, 0.717) is 21.3 Å². The quantitative estimate of drug-likeness (QED) is 0.661. The molecule has 128 valence electrons. The normalized spacial score (nSPS) is 10.7. The first-order chi connectivity index (χ1) is 12.0. The van der Waals surface area contributed by atoms with Crippen molar-refractivity contribution in [3.63, 3.8) is 0 Å². The van der Waals surface area contributed by atoms with Crippen LogP contribution in [0, 0.1) is 17.5 Å². The number of nitrogens with zero attached hydrogens (tertiary/aromatic N) is 2. The molecule has 0 aliphatic rings. The van der Waals surface area contributed by atoms with Crippen molar-refractivity contribution in [2.24, 2.45) is 0 Å². The van der Waals surface area contributed by atoms with Crippen molar-refractivity contribution in [1.82, 2.24) is 10.2 Å². The van der Waals surface area contributed by atoms with Gasteiger partial charge in [0.1, 0.15) is 10.8 Å². The van der Waals surface area contributed by atoms with Gasteiger partial charge in [0, 0.05) is 10.6 Å². The summed E-state index contributed by atoms with van der Waals surface area (Å²) in [5, 5.41) is 11.0. The lowest BCUT2D eigenvalue weighted by Crippen LogP contribution is -2.11. The molecular formula is C16H10F3N3OS2. The molecule has 1 aromatic heterocycles. The number of rotatable bonds is 5. The van der Waals surface area contributed by atoms with E-state index in [-0.39, 0.29) is 5.01 Å². The van der Waals surface area contributed by atoms with E-state index in [2.05, 4.69) is 15.5 Å². The molecule has 1 N–H and O–H groups in total. The van der Waals surface area contributed by atoms with Gasteiger partial charge in [-0.05, 0) is 42.5 Å². The molecule has 0 aliphatic carbocycles. The molecule has 1 heterocycles. The maximum Gasteiger partial charge on any atom is 0.286 e. The van der Waals surface area contributed by atoms with Gasteiger partial charge in [-0.3, -0.25) is 4.79 Å². The summed E-state index contributed by atoms with van der Waals surface area (Å²) in [5.74, 6) is -2.30. The molecule has 0 fully saturated rings. The zero-order valence-corrected chi connectivity index (χ0v) is 14.1. The second kappa shape index (κ2) is 7.66. The molecule has 0 atom stereocenters. The minimum absolute atomic E-state index is 0.158. The summed E-state index contributed by atoms with van der Waals surface area (Å²) >= 11 is 2.35. The van der Waals surface area contributed by atoms with Crippen LogP contribution in [0.25, 0.3) is 0 Å². The molecule has 2 aromatic carbocycles. The number of amides is 1. The molecule has 3 rings (SSSR count). The number of thioether (sulfide) groups is 1. The molecule has 9 heteroatoms. The van der Waals surface area contributed by atoms with E-state index in [1.54, 1.807) is 0 Å². The van der Waals surface area contributed by atoms with E-state index < -0.39 is 23.4 Å². The Labute approximate surface area is 149 Å². The van der Waals surface area contributed by atoms with E-state index in [9.17, 15) is 18.0 Å². The van der Waals surface area contributed by atoms with Crippen LogP contribution >= 0.6 is 23.1 Å². The van der Waals surface area contributed by atoms with E-state index in [1.807, 2.05) is 0 Å². The van der Waals surface area contributed by atoms with Crippen molar-refractivity contribution >= 4 is 34.7 Å². The Kier molecular flexibility index (Phi) is 5.34. The first kappa shape index (κ1) is 17.4. The highest BCUT2D eigenvalue weighted by atomic mass is 32.2. The lowest BCUT2D eigenvalue weighted by molar-refractivity contribution is 0.102. The number of benzene rings is 2. The monoisotopic (exact) mass is 381 g/mol. The zero-order chi connectivity index (χ0) is 17.8. The SMILES string of the molecule is O=C(Nc1ccc(F)cc1)c1nnc(CSc2ccc(F)c(F)c2)s1. The maximum absolute atomic E-state index is 13.2. The summed E-state index contributed by atoms with van der Waals surface area (Å²) in [6.07, 6.45) is 0. The van der Waals surface area contributed by atoms with Crippen molar-refractivity contribution in [2.45, 2.75) is 10.6 Å². The second-order valence-electron chi connectivity index (χ2n) is 4.83. The Morgan fingerprint density at radius 2 is 1.80 bits per heavy atom. The smallest absolute Gasteiger partial charge is 0.286 e. The van der Waals surface area contributed by atoms with Crippen LogP contribution in [0.15, 0.2) is 47.4 Å². The molecule has 0 radical (unpaired) electrons. The van der Waals surface area contributed by atoms with E-state index in [4.69, 9.17) is 0 Å². The lowest BCUT2D eigenvalue weighted by atomic mass is 10.3. The third-order valence-electron chi connectivity index (χ3n) is 3.02. The molecule has 0 bridgehead atoms. The van der Waals surface area contributed by atoms with Crippen molar-refractivity contribution in [2.75, 3.05) is 5.32 Å². The fourth-order valence-electron chi connectivity index (χ4n) is 1.83. The van der Waals surface area contributed by atoms with E-state index >= 15 is 0 Å². The molecule has 0 saturated heterocycles. The summed E-state index contributed by atoms with van der Waals surface area (Å²) in [5.41, 5.74) is 0.444. The highest BCUT2D eigenvalue weighted by Crippen LogP contribution is 2.26. The molecule has 0 spiro atoms. The van der Waals surface area contributed by atoms with Gasteiger partial charge in [0.15, 0.2) is 11.6 Å². The highest BCUT2D eigenvalue weighted by molar-refractivity contribution is 7.98. The Balaban J connectivity index is 1.60. The van der Waals surface area contributed by atoms with Crippen LogP contribution < -0.4 is 5.32 Å². The van der Waals surface area contributed by atoms with Crippen molar-refractivity contribution in [1.29, 1.82) is 0 Å². The fraction of sp³-hybridized carbons (Fsp3) is 0.0625. The maximum atomic E-state index is 13.2. The summed E-state index contributed by atoms with van der Waals surface area (Å²) in [4.78, 5) is 12.6. The van der Waals surface area contributed by atoms with Crippen LogP contribution in [0.4, 0.5) is 18.9 Å². The topological polar surface area (TPSA) is 54.9 Å². The molecule has 25 heavy (non-hydrogen) atoms. The Bertz CT molecular complexity index is 900. The predicted octanol–water partition coefficient (Wildman–Crippen LogP) is 4.50. The second-order valence-corrected chi connectivity index (χ2v) is 6.94. The van der Waals surface area contributed by atoms with Crippen molar-refractivity contribution < 1.29 is 18.0 Å². The van der Waals surface area contributed by atoms with Crippen LogP contribution in [0.3, 0.4) is 0 Å². The summed E-state index contributed by atoms with van der Waals surface area (Å²) in [6, 6.07) is 8.97. The molecule has 4 nitrogen and oxygen atoms in total. The van der Waals surface area contributed by atoms with Crippen LogP contribution in [0.2, 0.25) is 0 Å². The minimum atomic E-state index is -0.915. The van der Waals surface area contributed by atoms with Crippen molar-refractivity contribution in [3.05, 3.63) is 69.9 Å². The van der Waals surface area contributed by atoms with E-state index in [0.717, 1.165) is 23.5 Å². The van der Waals surface area contributed by atoms with Crippen LogP contribution in [-0.2, 0) is 5.75 Å². The van der Waals surface area contributed by atoms with Gasteiger partial charge < -0.3 is 5.32 Å². The molecule has 0 saturated carbocycles. The summed E-state index contributed by atoms with van der Waals surface area (Å²) in [6.45, 7) is 0. The van der Waals surface area contributed by atoms with Gasteiger partial charge in [-0.25, -0.2) is 13.2 Å². The Morgan fingerprint density at radius 3 is 2.52 bits per heavy atom. The minimum Gasteiger partial charge on any atom is -0.320 e. The Morgan fingerprint density at radius 1 is 1.04 bits per heavy atom. The van der Waals surface area contributed by atoms with Crippen LogP contribution in [0.5, 0.6) is 0 Å². The summed E-state index contributed by atoms with van der Waals surface area (Å²) in [7, 11) is 0. The predicted molar refractivity (Wildman–Crippen MR) is 90.2 cm³/mol. The number of hydrogen-bond acceptors (Lipinski definition) is 5. The van der Waals surface area contributed by atoms with Gasteiger partial charge in [0.25, 0.3) is 5.91 Å². The number of carbonyl (C=O) groups is 1. The molecule has 3 aromatic rings. The van der Waals surface area contributed by atoms with Gasteiger partial charge in [-0.2, -0.15) is 0 Å². The molecular weight excluding hydrogens is 371 g/mol. The van der Waals surface area contributed by atoms with Crippen LogP contribution in [-0.4, -0.2) is 16.1 Å². The fourth-order valence-corrected chi connectivity index (χ4v) is 3.47. The van der Waals surface area contributed by atoms with Gasteiger partial charge in [0.2, 0.25) is 5.01 Å². The van der Waals surface area contributed by atoms with Crippen molar-refractivity contribution in [3.8, 4) is 0 Å². The Hall–Kier alpha value is -2.39. The largest absolute Gasteiger partial charge is 0.320 e. The highest BCUT2D eigenvalue weighted by Gasteiger charge is 2.13. The standard InChI is InChI=1S/C16H10F3N3OS2/c17-9-1-3-10(4-2-9)20-15(23)16-22-21-14(25-16)8-24-11-5-6-12(18)13(19)7-11/h1-7H,8H2,(H,20,23). The van der Waals surface area contributed by atoms with Gasteiger partial charge in [-0.1, -0.05) is 11.3 Å². The first-order valence-electron chi connectivity index (χ1n) is 6.98. The molecule has 1 amide bonds. The number of anilines is 1. The number of nitrogens with one attached hydrogen (secondary N) is 1. The third-order valence-corrected chi connectivity index (χ3v) is 5.13. The average molecular weight is 381 g/mol. The number of carbonyl (C=O) groups excluding carboxylic acids is 1. The third kappa shape index (κ3) is 4.58. The molecule has 0 aliphatic heterocycles. The average Bonchev–Trinajstić information content (AvgIpc) is 3.07. The number of aromatic nitrogens is 2. The lowest BCUT2D eigenvalue weighted by Gasteiger charge is -2.01. The molecule has 0 unspecified atom stereocenters.